The van der Waals surface area contributed by atoms with Crippen molar-refractivity contribution in [2.24, 2.45) is 0 Å². The SMILES string of the molecule is CCc1ccc2c(c1)Cc1ccc(CC)cc1C2=O. The summed E-state index contributed by atoms with van der Waals surface area (Å²) in [5.74, 6) is 0.189. The van der Waals surface area contributed by atoms with Crippen molar-refractivity contribution in [1.82, 2.24) is 0 Å². The number of carbonyl (C=O) groups is 1. The van der Waals surface area contributed by atoms with E-state index in [1.165, 1.54) is 22.3 Å². The molecule has 0 atom stereocenters. The Labute approximate surface area is 114 Å². The van der Waals surface area contributed by atoms with Crippen molar-refractivity contribution in [2.75, 3.05) is 0 Å². The summed E-state index contributed by atoms with van der Waals surface area (Å²) in [6, 6.07) is 12.6. The molecule has 0 radical (unpaired) electrons. The molecule has 0 fully saturated rings. The highest BCUT2D eigenvalue weighted by Gasteiger charge is 2.23. The lowest BCUT2D eigenvalue weighted by Crippen LogP contribution is -2.15. The molecule has 0 saturated heterocycles. The summed E-state index contributed by atoms with van der Waals surface area (Å²) < 4.78 is 0. The van der Waals surface area contributed by atoms with Gasteiger partial charge in [-0.05, 0) is 47.6 Å². The Morgan fingerprint density at radius 2 is 1.53 bits per heavy atom. The van der Waals surface area contributed by atoms with E-state index in [9.17, 15) is 4.79 Å². The molecule has 0 unspecified atom stereocenters. The van der Waals surface area contributed by atoms with Gasteiger partial charge in [0.2, 0.25) is 0 Å². The molecule has 0 aromatic heterocycles. The molecule has 0 spiro atoms. The lowest BCUT2D eigenvalue weighted by Gasteiger charge is -2.20. The van der Waals surface area contributed by atoms with Crippen LogP contribution in [0.5, 0.6) is 0 Å². The molecular weight excluding hydrogens is 232 g/mol. The zero-order chi connectivity index (χ0) is 13.4. The maximum Gasteiger partial charge on any atom is 0.193 e. The van der Waals surface area contributed by atoms with Gasteiger partial charge in [0, 0.05) is 11.1 Å². The number of ketones is 1. The second kappa shape index (κ2) is 4.65. The Balaban J connectivity index is 2.11. The molecule has 0 amide bonds. The van der Waals surface area contributed by atoms with Gasteiger partial charge in [-0.3, -0.25) is 4.79 Å². The van der Waals surface area contributed by atoms with Crippen LogP contribution in [-0.2, 0) is 19.3 Å². The minimum absolute atomic E-state index is 0.189. The fourth-order valence-electron chi connectivity index (χ4n) is 2.79. The highest BCUT2D eigenvalue weighted by atomic mass is 16.1. The van der Waals surface area contributed by atoms with Gasteiger partial charge in [0.1, 0.15) is 0 Å². The molecule has 0 aliphatic heterocycles. The molecule has 2 aromatic rings. The molecule has 1 aliphatic rings. The predicted octanol–water partition coefficient (Wildman–Crippen LogP) is 3.95. The number of hydrogen-bond donors (Lipinski definition) is 0. The molecule has 0 heterocycles. The summed E-state index contributed by atoms with van der Waals surface area (Å²) in [6.45, 7) is 4.27. The van der Waals surface area contributed by atoms with Gasteiger partial charge < -0.3 is 0 Å². The Kier molecular flexibility index (Phi) is 2.98. The molecular formula is C18H18O. The summed E-state index contributed by atoms with van der Waals surface area (Å²) in [5, 5.41) is 0. The minimum Gasteiger partial charge on any atom is -0.289 e. The number of benzene rings is 2. The first-order chi connectivity index (χ1) is 9.22. The van der Waals surface area contributed by atoms with E-state index >= 15 is 0 Å². The van der Waals surface area contributed by atoms with Crippen LogP contribution in [0.2, 0.25) is 0 Å². The molecule has 1 nitrogen and oxygen atoms in total. The molecule has 0 saturated carbocycles. The first kappa shape index (κ1) is 12.2. The van der Waals surface area contributed by atoms with Crippen molar-refractivity contribution in [3.8, 4) is 0 Å². The zero-order valence-electron chi connectivity index (χ0n) is 11.5. The summed E-state index contributed by atoms with van der Waals surface area (Å²) >= 11 is 0. The van der Waals surface area contributed by atoms with Crippen molar-refractivity contribution >= 4 is 5.78 Å². The largest absolute Gasteiger partial charge is 0.289 e. The van der Waals surface area contributed by atoms with Gasteiger partial charge in [-0.15, -0.1) is 0 Å². The van der Waals surface area contributed by atoms with Gasteiger partial charge in [-0.2, -0.15) is 0 Å². The van der Waals surface area contributed by atoms with Crippen molar-refractivity contribution in [3.63, 3.8) is 0 Å². The van der Waals surface area contributed by atoms with E-state index in [4.69, 9.17) is 0 Å². The van der Waals surface area contributed by atoms with Crippen molar-refractivity contribution in [2.45, 2.75) is 33.1 Å². The highest BCUT2D eigenvalue weighted by Crippen LogP contribution is 2.28. The van der Waals surface area contributed by atoms with Crippen molar-refractivity contribution < 1.29 is 4.79 Å². The Bertz CT molecular complexity index is 653. The van der Waals surface area contributed by atoms with Gasteiger partial charge >= 0.3 is 0 Å². The van der Waals surface area contributed by atoms with Crippen LogP contribution in [0.3, 0.4) is 0 Å². The van der Waals surface area contributed by atoms with Crippen LogP contribution < -0.4 is 0 Å². The predicted molar refractivity (Wildman–Crippen MR) is 77.9 cm³/mol. The number of rotatable bonds is 2. The highest BCUT2D eigenvalue weighted by molar-refractivity contribution is 6.12. The summed E-state index contributed by atoms with van der Waals surface area (Å²) in [5.41, 5.74) is 6.68. The van der Waals surface area contributed by atoms with E-state index in [-0.39, 0.29) is 5.78 Å². The molecule has 3 rings (SSSR count). The minimum atomic E-state index is 0.189. The molecule has 1 aliphatic carbocycles. The van der Waals surface area contributed by atoms with Crippen LogP contribution in [0.4, 0.5) is 0 Å². The van der Waals surface area contributed by atoms with Crippen LogP contribution in [0.25, 0.3) is 0 Å². The smallest absolute Gasteiger partial charge is 0.193 e. The average molecular weight is 250 g/mol. The summed E-state index contributed by atoms with van der Waals surface area (Å²) in [7, 11) is 0. The third-order valence-corrected chi connectivity index (χ3v) is 4.03. The van der Waals surface area contributed by atoms with Gasteiger partial charge in [0.15, 0.2) is 5.78 Å². The topological polar surface area (TPSA) is 17.1 Å². The monoisotopic (exact) mass is 250 g/mol. The third-order valence-electron chi connectivity index (χ3n) is 4.03. The van der Waals surface area contributed by atoms with Gasteiger partial charge in [0.05, 0.1) is 0 Å². The van der Waals surface area contributed by atoms with E-state index in [2.05, 4.69) is 44.2 Å². The van der Waals surface area contributed by atoms with E-state index in [1.807, 2.05) is 6.07 Å². The van der Waals surface area contributed by atoms with Crippen LogP contribution in [-0.4, -0.2) is 5.78 Å². The molecule has 1 heteroatoms. The van der Waals surface area contributed by atoms with Crippen molar-refractivity contribution in [1.29, 1.82) is 0 Å². The maximum atomic E-state index is 12.6. The molecule has 0 N–H and O–H groups in total. The Morgan fingerprint density at radius 1 is 0.842 bits per heavy atom. The van der Waals surface area contributed by atoms with E-state index in [0.717, 1.165) is 30.4 Å². The number of hydrogen-bond acceptors (Lipinski definition) is 1. The molecule has 19 heavy (non-hydrogen) atoms. The average Bonchev–Trinajstić information content (AvgIpc) is 2.46. The summed E-state index contributed by atoms with van der Waals surface area (Å²) in [4.78, 5) is 12.6. The van der Waals surface area contributed by atoms with Gasteiger partial charge in [-0.25, -0.2) is 0 Å². The second-order valence-electron chi connectivity index (χ2n) is 5.20. The fraction of sp³-hybridized carbons (Fsp3) is 0.278. The molecule has 96 valence electrons. The second-order valence-corrected chi connectivity index (χ2v) is 5.20. The normalized spacial score (nSPS) is 13.1. The van der Waals surface area contributed by atoms with Crippen LogP contribution in [0, 0.1) is 0 Å². The zero-order valence-corrected chi connectivity index (χ0v) is 11.5. The quantitative estimate of drug-likeness (QED) is 0.673. The van der Waals surface area contributed by atoms with Crippen molar-refractivity contribution in [3.05, 3.63) is 69.8 Å². The molecule has 2 aromatic carbocycles. The fourth-order valence-corrected chi connectivity index (χ4v) is 2.79. The van der Waals surface area contributed by atoms with Crippen LogP contribution in [0.15, 0.2) is 36.4 Å². The third kappa shape index (κ3) is 1.99. The Morgan fingerprint density at radius 3 is 2.26 bits per heavy atom. The van der Waals surface area contributed by atoms with Gasteiger partial charge in [-0.1, -0.05) is 44.2 Å². The lowest BCUT2D eigenvalue weighted by molar-refractivity contribution is 0.103. The van der Waals surface area contributed by atoms with Crippen LogP contribution in [0.1, 0.15) is 52.0 Å². The number of aryl methyl sites for hydroxylation is 2. The van der Waals surface area contributed by atoms with Gasteiger partial charge in [0.25, 0.3) is 0 Å². The van der Waals surface area contributed by atoms with E-state index in [0.29, 0.717) is 0 Å². The van der Waals surface area contributed by atoms with E-state index < -0.39 is 0 Å². The number of carbonyl (C=O) groups excluding carboxylic acids is 1. The Hall–Kier alpha value is -1.89. The first-order valence-electron chi connectivity index (χ1n) is 7.01. The maximum absolute atomic E-state index is 12.6. The summed E-state index contributed by atoms with van der Waals surface area (Å²) in [6.07, 6.45) is 2.87. The van der Waals surface area contributed by atoms with E-state index in [1.54, 1.807) is 0 Å². The van der Waals surface area contributed by atoms with Crippen LogP contribution >= 0.6 is 0 Å². The number of fused-ring (bicyclic) bond motifs is 2. The molecule has 0 bridgehead atoms. The first-order valence-corrected chi connectivity index (χ1v) is 7.01. The standard InChI is InChI=1S/C18H18O/c1-3-12-6-8-16-15(9-12)11-14-7-5-13(4-2)10-17(14)18(16)19/h5-10H,3-4,11H2,1-2H3. The lowest BCUT2D eigenvalue weighted by atomic mass is 9.83.